The van der Waals surface area contributed by atoms with Gasteiger partial charge in [-0.05, 0) is 41.5 Å². The lowest BCUT2D eigenvalue weighted by atomic mass is 10.2. The summed E-state index contributed by atoms with van der Waals surface area (Å²) in [4.78, 5) is 27.4. The van der Waals surface area contributed by atoms with E-state index in [0.717, 1.165) is 5.56 Å². The molecule has 140 valence electrons. The molecule has 0 saturated carbocycles. The van der Waals surface area contributed by atoms with Crippen molar-refractivity contribution >= 4 is 18.0 Å². The normalized spacial score (nSPS) is 10.3. The summed E-state index contributed by atoms with van der Waals surface area (Å²) in [6.45, 7) is 4.17. The summed E-state index contributed by atoms with van der Waals surface area (Å²) in [5, 5.41) is 6.27. The highest BCUT2D eigenvalue weighted by molar-refractivity contribution is 6.35. The van der Waals surface area contributed by atoms with Crippen LogP contribution in [0.2, 0.25) is 0 Å². The molecule has 1 aromatic carbocycles. The molecule has 0 fully saturated rings. The average molecular weight is 368 g/mol. The first-order valence-electron chi connectivity index (χ1n) is 8.06. The predicted molar refractivity (Wildman–Crippen MR) is 101 cm³/mol. The molecular weight excluding hydrogens is 348 g/mol. The van der Waals surface area contributed by atoms with Gasteiger partial charge in [0.2, 0.25) is 0 Å². The summed E-state index contributed by atoms with van der Waals surface area (Å²) < 4.78 is 10.7. The number of carbonyl (C=O) groups excluding carboxylic acids is 2. The third-order valence-electron chi connectivity index (χ3n) is 3.33. The van der Waals surface area contributed by atoms with Crippen LogP contribution in [0.3, 0.4) is 0 Å². The Hall–Kier alpha value is -3.68. The molecule has 8 nitrogen and oxygen atoms in total. The maximum absolute atomic E-state index is 11.7. The van der Waals surface area contributed by atoms with Gasteiger partial charge in [0.25, 0.3) is 0 Å². The molecule has 0 spiro atoms. The Morgan fingerprint density at radius 2 is 1.96 bits per heavy atom. The summed E-state index contributed by atoms with van der Waals surface area (Å²) >= 11 is 0. The Morgan fingerprint density at radius 1 is 1.19 bits per heavy atom. The Morgan fingerprint density at radius 3 is 2.67 bits per heavy atom. The summed E-state index contributed by atoms with van der Waals surface area (Å²) in [5.41, 5.74) is 3.67. The third kappa shape index (κ3) is 6.28. The Bertz CT molecular complexity index is 822. The molecule has 2 N–H and O–H groups in total. The first-order valence-corrected chi connectivity index (χ1v) is 8.06. The maximum atomic E-state index is 11.7. The Labute approximate surface area is 156 Å². The van der Waals surface area contributed by atoms with Gasteiger partial charge >= 0.3 is 11.8 Å². The Kier molecular flexibility index (Phi) is 7.52. The molecule has 0 aliphatic rings. The maximum Gasteiger partial charge on any atom is 0.329 e. The SMILES string of the molecule is C=CCOc1ccc(/C=N\NC(=O)C(=O)NCc2ccncc2)cc1OC. The third-order valence-corrected chi connectivity index (χ3v) is 3.33. The second-order valence-electron chi connectivity index (χ2n) is 5.25. The highest BCUT2D eigenvalue weighted by Crippen LogP contribution is 2.27. The molecule has 0 atom stereocenters. The van der Waals surface area contributed by atoms with E-state index in [0.29, 0.717) is 23.7 Å². The molecule has 0 radical (unpaired) electrons. The first kappa shape index (κ1) is 19.6. The van der Waals surface area contributed by atoms with Crippen molar-refractivity contribution in [3.63, 3.8) is 0 Å². The molecule has 0 bridgehead atoms. The van der Waals surface area contributed by atoms with Crippen molar-refractivity contribution in [2.24, 2.45) is 5.10 Å². The molecular formula is C19H20N4O4. The van der Waals surface area contributed by atoms with Gasteiger partial charge in [0.05, 0.1) is 13.3 Å². The van der Waals surface area contributed by atoms with Crippen LogP contribution in [0, 0.1) is 0 Å². The molecule has 27 heavy (non-hydrogen) atoms. The number of hydrazone groups is 1. The van der Waals surface area contributed by atoms with E-state index in [4.69, 9.17) is 9.47 Å². The van der Waals surface area contributed by atoms with Gasteiger partial charge in [0.1, 0.15) is 6.61 Å². The standard InChI is InChI=1S/C19H20N4O4/c1-3-10-27-16-5-4-15(11-17(16)26-2)13-22-23-19(25)18(24)21-12-14-6-8-20-9-7-14/h3-9,11,13H,1,10,12H2,2H3,(H,21,24)(H,23,25)/b22-13-. The van der Waals surface area contributed by atoms with Crippen molar-refractivity contribution < 1.29 is 19.1 Å². The second kappa shape index (κ2) is 10.3. The lowest BCUT2D eigenvalue weighted by Crippen LogP contribution is -2.37. The van der Waals surface area contributed by atoms with Crippen LogP contribution in [0.15, 0.2) is 60.5 Å². The minimum Gasteiger partial charge on any atom is -0.493 e. The fraction of sp³-hybridized carbons (Fsp3) is 0.158. The van der Waals surface area contributed by atoms with Crippen LogP contribution in [0.25, 0.3) is 0 Å². The Balaban J connectivity index is 1.87. The van der Waals surface area contributed by atoms with Crippen LogP contribution >= 0.6 is 0 Å². The highest BCUT2D eigenvalue weighted by Gasteiger charge is 2.12. The first-order chi connectivity index (χ1) is 13.1. The number of amides is 2. The number of rotatable bonds is 8. The second-order valence-corrected chi connectivity index (χ2v) is 5.25. The van der Waals surface area contributed by atoms with E-state index >= 15 is 0 Å². The lowest BCUT2D eigenvalue weighted by molar-refractivity contribution is -0.139. The minimum atomic E-state index is -0.863. The van der Waals surface area contributed by atoms with Crippen molar-refractivity contribution in [3.05, 3.63) is 66.5 Å². The number of carbonyl (C=O) groups is 2. The molecule has 0 aliphatic heterocycles. The zero-order valence-corrected chi connectivity index (χ0v) is 14.8. The van der Waals surface area contributed by atoms with Gasteiger partial charge in [-0.15, -0.1) is 0 Å². The molecule has 2 rings (SSSR count). The van der Waals surface area contributed by atoms with Crippen LogP contribution in [0.4, 0.5) is 0 Å². The van der Waals surface area contributed by atoms with Crippen molar-refractivity contribution in [2.45, 2.75) is 6.54 Å². The molecule has 2 aromatic rings. The van der Waals surface area contributed by atoms with Crippen molar-refractivity contribution in [3.8, 4) is 11.5 Å². The smallest absolute Gasteiger partial charge is 0.329 e. The summed E-state index contributed by atoms with van der Waals surface area (Å²) in [6, 6.07) is 8.63. The van der Waals surface area contributed by atoms with Crippen LogP contribution in [0.5, 0.6) is 11.5 Å². The van der Waals surface area contributed by atoms with Crippen molar-refractivity contribution in [1.29, 1.82) is 0 Å². The molecule has 0 aliphatic carbocycles. The zero-order valence-electron chi connectivity index (χ0n) is 14.8. The molecule has 1 aromatic heterocycles. The number of aromatic nitrogens is 1. The van der Waals surface area contributed by atoms with E-state index in [9.17, 15) is 9.59 Å². The van der Waals surface area contributed by atoms with E-state index < -0.39 is 11.8 Å². The van der Waals surface area contributed by atoms with E-state index in [1.807, 2.05) is 0 Å². The number of methoxy groups -OCH3 is 1. The number of hydrogen-bond acceptors (Lipinski definition) is 6. The molecule has 0 saturated heterocycles. The van der Waals surface area contributed by atoms with Gasteiger partial charge in [-0.1, -0.05) is 12.7 Å². The fourth-order valence-corrected chi connectivity index (χ4v) is 2.01. The fourth-order valence-electron chi connectivity index (χ4n) is 2.01. The predicted octanol–water partition coefficient (Wildman–Crippen LogP) is 1.42. The molecule has 1 heterocycles. The van der Waals surface area contributed by atoms with Gasteiger partial charge in [-0.25, -0.2) is 5.43 Å². The van der Waals surface area contributed by atoms with Crippen molar-refractivity contribution in [1.82, 2.24) is 15.7 Å². The molecule has 0 unspecified atom stereocenters. The summed E-state index contributed by atoms with van der Waals surface area (Å²) in [6.07, 6.45) is 6.24. The number of ether oxygens (including phenoxy) is 2. The topological polar surface area (TPSA) is 102 Å². The van der Waals surface area contributed by atoms with Crippen LogP contribution in [0.1, 0.15) is 11.1 Å². The highest BCUT2D eigenvalue weighted by atomic mass is 16.5. The van der Waals surface area contributed by atoms with E-state index in [1.165, 1.54) is 13.3 Å². The van der Waals surface area contributed by atoms with E-state index in [-0.39, 0.29) is 6.54 Å². The lowest BCUT2D eigenvalue weighted by Gasteiger charge is -2.09. The monoisotopic (exact) mass is 368 g/mol. The van der Waals surface area contributed by atoms with Gasteiger partial charge in [-0.2, -0.15) is 5.10 Å². The van der Waals surface area contributed by atoms with Gasteiger partial charge in [0, 0.05) is 18.9 Å². The van der Waals surface area contributed by atoms with Crippen LogP contribution < -0.4 is 20.2 Å². The van der Waals surface area contributed by atoms with Gasteiger partial charge in [-0.3, -0.25) is 14.6 Å². The molecule has 2 amide bonds. The van der Waals surface area contributed by atoms with E-state index in [1.54, 1.807) is 48.8 Å². The quantitative estimate of drug-likeness (QED) is 0.318. The minimum absolute atomic E-state index is 0.224. The van der Waals surface area contributed by atoms with Gasteiger partial charge < -0.3 is 14.8 Å². The zero-order chi connectivity index (χ0) is 19.5. The number of hydrogen-bond donors (Lipinski definition) is 2. The van der Waals surface area contributed by atoms with Crippen LogP contribution in [-0.2, 0) is 16.1 Å². The number of nitrogens with zero attached hydrogens (tertiary/aromatic N) is 2. The number of benzene rings is 1. The van der Waals surface area contributed by atoms with E-state index in [2.05, 4.69) is 27.4 Å². The largest absolute Gasteiger partial charge is 0.493 e. The van der Waals surface area contributed by atoms with Gasteiger partial charge in [0.15, 0.2) is 11.5 Å². The molecule has 8 heteroatoms. The summed E-state index contributed by atoms with van der Waals surface area (Å²) in [5.74, 6) is -0.566. The average Bonchev–Trinajstić information content (AvgIpc) is 2.71. The van der Waals surface area contributed by atoms with Crippen LogP contribution in [-0.4, -0.2) is 36.7 Å². The van der Waals surface area contributed by atoms with Crippen molar-refractivity contribution in [2.75, 3.05) is 13.7 Å². The summed E-state index contributed by atoms with van der Waals surface area (Å²) in [7, 11) is 1.52. The number of pyridine rings is 1. The number of nitrogens with one attached hydrogen (secondary N) is 2.